The number of nitrogens with zero attached hydrogens (tertiary/aromatic N) is 1. The standard InChI is InChI=1S/C13H22N2O/c1-11-6-7-12(14-2)13(10-11)16-9-5-8-15(3)4/h6-7,10,14H,5,8-9H2,1-4H3. The Morgan fingerprint density at radius 1 is 1.31 bits per heavy atom. The van der Waals surface area contributed by atoms with E-state index >= 15 is 0 Å². The molecule has 1 aromatic carbocycles. The third-order valence-electron chi connectivity index (χ3n) is 2.41. The monoisotopic (exact) mass is 222 g/mol. The number of aryl methyl sites for hydroxylation is 1. The molecule has 0 spiro atoms. The molecule has 1 aromatic rings. The van der Waals surface area contributed by atoms with Gasteiger partial charge in [0.2, 0.25) is 0 Å². The Kier molecular flexibility index (Phi) is 5.12. The Balaban J connectivity index is 2.48. The summed E-state index contributed by atoms with van der Waals surface area (Å²) in [6, 6.07) is 6.20. The first-order valence-electron chi connectivity index (χ1n) is 5.69. The summed E-state index contributed by atoms with van der Waals surface area (Å²) in [6.45, 7) is 3.89. The lowest BCUT2D eigenvalue weighted by molar-refractivity contribution is 0.282. The van der Waals surface area contributed by atoms with Crippen LogP contribution < -0.4 is 10.1 Å². The second-order valence-corrected chi connectivity index (χ2v) is 4.25. The van der Waals surface area contributed by atoms with E-state index < -0.39 is 0 Å². The molecule has 0 aromatic heterocycles. The van der Waals surface area contributed by atoms with Crippen LogP contribution >= 0.6 is 0 Å². The van der Waals surface area contributed by atoms with Gasteiger partial charge in [0, 0.05) is 13.6 Å². The fourth-order valence-electron chi connectivity index (χ4n) is 1.52. The maximum absolute atomic E-state index is 5.77. The zero-order valence-electron chi connectivity index (χ0n) is 10.7. The minimum absolute atomic E-state index is 0.760. The third-order valence-corrected chi connectivity index (χ3v) is 2.41. The number of hydrogen-bond donors (Lipinski definition) is 1. The average Bonchev–Trinajstić information content (AvgIpc) is 2.24. The van der Waals surface area contributed by atoms with E-state index in [2.05, 4.69) is 49.4 Å². The summed E-state index contributed by atoms with van der Waals surface area (Å²) in [5, 5.41) is 3.14. The molecule has 0 amide bonds. The van der Waals surface area contributed by atoms with Crippen LogP contribution in [0.15, 0.2) is 18.2 Å². The smallest absolute Gasteiger partial charge is 0.142 e. The van der Waals surface area contributed by atoms with E-state index in [9.17, 15) is 0 Å². The number of rotatable bonds is 6. The van der Waals surface area contributed by atoms with Gasteiger partial charge in [0.15, 0.2) is 0 Å². The van der Waals surface area contributed by atoms with E-state index in [0.717, 1.165) is 31.0 Å². The molecule has 16 heavy (non-hydrogen) atoms. The lowest BCUT2D eigenvalue weighted by atomic mass is 10.2. The second-order valence-electron chi connectivity index (χ2n) is 4.25. The lowest BCUT2D eigenvalue weighted by Crippen LogP contribution is -2.15. The van der Waals surface area contributed by atoms with Gasteiger partial charge in [-0.25, -0.2) is 0 Å². The third kappa shape index (κ3) is 4.11. The lowest BCUT2D eigenvalue weighted by Gasteiger charge is -2.13. The Morgan fingerprint density at radius 2 is 2.06 bits per heavy atom. The van der Waals surface area contributed by atoms with Crippen molar-refractivity contribution >= 4 is 5.69 Å². The first-order chi connectivity index (χ1) is 7.63. The highest BCUT2D eigenvalue weighted by molar-refractivity contribution is 5.57. The van der Waals surface area contributed by atoms with Gasteiger partial charge in [-0.3, -0.25) is 0 Å². The number of ether oxygens (including phenoxy) is 1. The van der Waals surface area contributed by atoms with Crippen LogP contribution in [-0.2, 0) is 0 Å². The van der Waals surface area contributed by atoms with Crippen molar-refractivity contribution in [2.75, 3.05) is 39.6 Å². The molecule has 0 fully saturated rings. The summed E-state index contributed by atoms with van der Waals surface area (Å²) in [5.74, 6) is 0.946. The van der Waals surface area contributed by atoms with Gasteiger partial charge in [0.1, 0.15) is 5.75 Å². The fourth-order valence-corrected chi connectivity index (χ4v) is 1.52. The second kappa shape index (κ2) is 6.38. The maximum atomic E-state index is 5.77. The SMILES string of the molecule is CNc1ccc(C)cc1OCCCN(C)C. The van der Waals surface area contributed by atoms with Crippen LogP contribution in [0.5, 0.6) is 5.75 Å². The molecule has 0 aliphatic rings. The number of hydrogen-bond acceptors (Lipinski definition) is 3. The van der Waals surface area contributed by atoms with E-state index in [1.807, 2.05) is 7.05 Å². The first kappa shape index (κ1) is 12.8. The Hall–Kier alpha value is -1.22. The molecule has 0 aliphatic heterocycles. The predicted molar refractivity (Wildman–Crippen MR) is 69.4 cm³/mol. The number of nitrogens with one attached hydrogen (secondary N) is 1. The van der Waals surface area contributed by atoms with Gasteiger partial charge >= 0.3 is 0 Å². The van der Waals surface area contributed by atoms with Crippen LogP contribution in [-0.4, -0.2) is 39.2 Å². The van der Waals surface area contributed by atoms with Gasteiger partial charge in [-0.1, -0.05) is 6.07 Å². The molecule has 0 radical (unpaired) electrons. The molecule has 0 bridgehead atoms. The molecule has 0 unspecified atom stereocenters. The molecular weight excluding hydrogens is 200 g/mol. The summed E-state index contributed by atoms with van der Waals surface area (Å²) in [5.41, 5.74) is 2.28. The van der Waals surface area contributed by atoms with E-state index in [-0.39, 0.29) is 0 Å². The van der Waals surface area contributed by atoms with Crippen LogP contribution in [0.1, 0.15) is 12.0 Å². The van der Waals surface area contributed by atoms with Crippen molar-refractivity contribution < 1.29 is 4.74 Å². The predicted octanol–water partition coefficient (Wildman–Crippen LogP) is 2.37. The first-order valence-corrected chi connectivity index (χ1v) is 5.69. The highest BCUT2D eigenvalue weighted by atomic mass is 16.5. The zero-order chi connectivity index (χ0) is 12.0. The normalized spacial score (nSPS) is 10.6. The number of benzene rings is 1. The molecule has 0 saturated heterocycles. The van der Waals surface area contributed by atoms with Gasteiger partial charge in [0.25, 0.3) is 0 Å². The molecule has 0 atom stereocenters. The van der Waals surface area contributed by atoms with Crippen molar-refractivity contribution in [3.05, 3.63) is 23.8 Å². The van der Waals surface area contributed by atoms with E-state index in [0.29, 0.717) is 0 Å². The molecule has 0 aliphatic carbocycles. The van der Waals surface area contributed by atoms with Crippen molar-refractivity contribution in [2.45, 2.75) is 13.3 Å². The highest BCUT2D eigenvalue weighted by Gasteiger charge is 2.02. The van der Waals surface area contributed by atoms with Crippen LogP contribution in [0.25, 0.3) is 0 Å². The minimum atomic E-state index is 0.760. The molecule has 1 rings (SSSR count). The summed E-state index contributed by atoms with van der Waals surface area (Å²) >= 11 is 0. The Labute approximate surface area is 98.4 Å². The Bertz CT molecular complexity index is 324. The fraction of sp³-hybridized carbons (Fsp3) is 0.538. The van der Waals surface area contributed by atoms with Crippen molar-refractivity contribution in [3.63, 3.8) is 0 Å². The van der Waals surface area contributed by atoms with Crippen molar-refractivity contribution in [2.24, 2.45) is 0 Å². The van der Waals surface area contributed by atoms with Gasteiger partial charge < -0.3 is 15.0 Å². The zero-order valence-corrected chi connectivity index (χ0v) is 10.7. The van der Waals surface area contributed by atoms with E-state index in [1.165, 1.54) is 5.56 Å². The molecule has 3 nitrogen and oxygen atoms in total. The van der Waals surface area contributed by atoms with Gasteiger partial charge in [-0.2, -0.15) is 0 Å². The van der Waals surface area contributed by atoms with E-state index in [4.69, 9.17) is 4.74 Å². The van der Waals surface area contributed by atoms with Crippen molar-refractivity contribution in [1.29, 1.82) is 0 Å². The van der Waals surface area contributed by atoms with Crippen LogP contribution in [0, 0.1) is 6.92 Å². The molecular formula is C13H22N2O. The van der Waals surface area contributed by atoms with Gasteiger partial charge in [-0.05, 0) is 45.1 Å². The summed E-state index contributed by atoms with van der Waals surface area (Å²) in [6.07, 6.45) is 1.05. The summed E-state index contributed by atoms with van der Waals surface area (Å²) in [4.78, 5) is 2.17. The summed E-state index contributed by atoms with van der Waals surface area (Å²) in [7, 11) is 6.06. The van der Waals surface area contributed by atoms with Crippen LogP contribution in [0.3, 0.4) is 0 Å². The summed E-state index contributed by atoms with van der Waals surface area (Å²) < 4.78 is 5.77. The molecule has 90 valence electrons. The molecule has 1 N–H and O–H groups in total. The van der Waals surface area contributed by atoms with Crippen molar-refractivity contribution in [1.82, 2.24) is 4.90 Å². The highest BCUT2D eigenvalue weighted by Crippen LogP contribution is 2.25. The quantitative estimate of drug-likeness (QED) is 0.748. The molecule has 0 saturated carbocycles. The largest absolute Gasteiger partial charge is 0.491 e. The van der Waals surface area contributed by atoms with E-state index in [1.54, 1.807) is 0 Å². The topological polar surface area (TPSA) is 24.5 Å². The average molecular weight is 222 g/mol. The van der Waals surface area contributed by atoms with Crippen LogP contribution in [0.2, 0.25) is 0 Å². The maximum Gasteiger partial charge on any atom is 0.142 e. The number of anilines is 1. The molecule has 3 heteroatoms. The van der Waals surface area contributed by atoms with Gasteiger partial charge in [0.05, 0.1) is 12.3 Å². The van der Waals surface area contributed by atoms with Gasteiger partial charge in [-0.15, -0.1) is 0 Å². The van der Waals surface area contributed by atoms with Crippen LogP contribution in [0.4, 0.5) is 5.69 Å². The Morgan fingerprint density at radius 3 is 2.69 bits per heavy atom. The van der Waals surface area contributed by atoms with Crippen molar-refractivity contribution in [3.8, 4) is 5.75 Å². The molecule has 0 heterocycles. The minimum Gasteiger partial charge on any atom is -0.491 e.